The molecule has 7 nitrogen and oxygen atoms in total. The van der Waals surface area contributed by atoms with Crippen LogP contribution in [0.1, 0.15) is 19.3 Å². The first-order chi connectivity index (χ1) is 12.5. The van der Waals surface area contributed by atoms with Crippen LogP contribution in [0.3, 0.4) is 0 Å². The van der Waals surface area contributed by atoms with Crippen molar-refractivity contribution in [3.05, 3.63) is 24.3 Å². The van der Waals surface area contributed by atoms with Crippen LogP contribution in [0.2, 0.25) is 0 Å². The molecule has 1 aromatic rings. The lowest BCUT2D eigenvalue weighted by Gasteiger charge is -2.38. The highest BCUT2D eigenvalue weighted by molar-refractivity contribution is 7.89. The zero-order chi connectivity index (χ0) is 18.7. The number of rotatable bonds is 5. The van der Waals surface area contributed by atoms with Crippen LogP contribution in [-0.2, 0) is 14.8 Å². The van der Waals surface area contributed by atoms with Crippen molar-refractivity contribution < 1.29 is 13.2 Å². The predicted octanol–water partition coefficient (Wildman–Crippen LogP) is 1.46. The molecule has 10 heteroatoms. The molecule has 2 fully saturated rings. The number of anilines is 1. The molecular weight excluding hydrogens is 423 g/mol. The summed E-state index contributed by atoms with van der Waals surface area (Å²) in [5.74, 6) is 0.583. The number of piperazine rings is 1. The molecule has 0 radical (unpaired) electrons. The number of hydrogen-bond donors (Lipinski definition) is 2. The average Bonchev–Trinajstić information content (AvgIpc) is 3.16. The monoisotopic (exact) mass is 452 g/mol. The van der Waals surface area contributed by atoms with E-state index < -0.39 is 10.0 Å². The molecule has 2 aliphatic rings. The quantitative estimate of drug-likeness (QED) is 0.704. The minimum atomic E-state index is -3.52. The van der Waals surface area contributed by atoms with Gasteiger partial charge in [0.25, 0.3) is 0 Å². The molecule has 3 rings (SSSR count). The fraction of sp³-hybridized carbons (Fsp3) is 0.611. The van der Waals surface area contributed by atoms with Gasteiger partial charge in [0.05, 0.1) is 5.69 Å². The topological polar surface area (TPSA) is 95.7 Å². The van der Waals surface area contributed by atoms with E-state index in [4.69, 9.17) is 5.73 Å². The van der Waals surface area contributed by atoms with Gasteiger partial charge in [0.15, 0.2) is 0 Å². The molecule has 2 atom stereocenters. The number of hydrogen-bond acceptors (Lipinski definition) is 5. The first-order valence-corrected chi connectivity index (χ1v) is 10.7. The maximum Gasteiger partial charge on any atom is 0.242 e. The number of nitrogens with one attached hydrogen (secondary N) is 1. The summed E-state index contributed by atoms with van der Waals surface area (Å²) in [6.45, 7) is 3.05. The maximum atomic E-state index is 12.8. The summed E-state index contributed by atoms with van der Waals surface area (Å²) in [6.07, 6.45) is 3.06. The molecule has 160 valence electrons. The molecule has 28 heavy (non-hydrogen) atoms. The van der Waals surface area contributed by atoms with Gasteiger partial charge in [-0.25, -0.2) is 13.1 Å². The molecule has 1 aliphatic heterocycles. The van der Waals surface area contributed by atoms with Crippen molar-refractivity contribution in [3.8, 4) is 0 Å². The number of carbonyl (C=O) groups excluding carboxylic acids is 1. The van der Waals surface area contributed by atoms with Crippen molar-refractivity contribution in [1.82, 2.24) is 9.62 Å². The number of sulfonamides is 1. The Labute approximate surface area is 179 Å². The number of nitrogens with zero attached hydrogens (tertiary/aromatic N) is 2. The lowest BCUT2D eigenvalue weighted by atomic mass is 9.94. The molecular formula is C18H30Cl2N4O3S. The first-order valence-electron chi connectivity index (χ1n) is 9.24. The van der Waals surface area contributed by atoms with Crippen molar-refractivity contribution in [1.29, 1.82) is 0 Å². The number of carbonyl (C=O) groups is 1. The average molecular weight is 453 g/mol. The fourth-order valence-corrected chi connectivity index (χ4v) is 5.05. The molecule has 1 saturated carbocycles. The summed E-state index contributed by atoms with van der Waals surface area (Å²) in [7, 11) is -2.10. The minimum absolute atomic E-state index is 0. The van der Waals surface area contributed by atoms with E-state index in [1.807, 2.05) is 21.9 Å². The van der Waals surface area contributed by atoms with E-state index in [0.29, 0.717) is 44.3 Å². The van der Waals surface area contributed by atoms with Crippen LogP contribution in [0.4, 0.5) is 5.69 Å². The van der Waals surface area contributed by atoms with E-state index in [1.165, 1.54) is 7.05 Å². The second-order valence-corrected chi connectivity index (χ2v) is 8.88. The normalized spacial score (nSPS) is 22.4. The number of benzene rings is 1. The van der Waals surface area contributed by atoms with Crippen molar-refractivity contribution in [2.24, 2.45) is 17.6 Å². The van der Waals surface area contributed by atoms with Crippen LogP contribution in [0.25, 0.3) is 0 Å². The Balaban J connectivity index is 0.00000196. The van der Waals surface area contributed by atoms with Gasteiger partial charge in [0, 0.05) is 32.1 Å². The van der Waals surface area contributed by atoms with Gasteiger partial charge in [-0.1, -0.05) is 18.6 Å². The van der Waals surface area contributed by atoms with E-state index in [9.17, 15) is 13.2 Å². The second kappa shape index (κ2) is 10.6. The summed E-state index contributed by atoms with van der Waals surface area (Å²) >= 11 is 0. The minimum Gasteiger partial charge on any atom is -0.367 e. The molecule has 0 bridgehead atoms. The Morgan fingerprint density at radius 3 is 2.39 bits per heavy atom. The standard InChI is InChI=1S/C18H28N4O3S.2ClH/c1-20-26(24,25)17-8-3-2-7-16(17)21-9-11-22(12-10-21)18(23)15-6-4-5-14(15)13-19;;/h2-3,7-8,14-15,20H,4-6,9-13,19H2,1H3;2*1H/t14-,15-;;/m1../s1. The summed E-state index contributed by atoms with van der Waals surface area (Å²) in [5, 5.41) is 0. The molecule has 1 aliphatic carbocycles. The van der Waals surface area contributed by atoms with Crippen molar-refractivity contribution in [2.45, 2.75) is 24.2 Å². The van der Waals surface area contributed by atoms with Gasteiger partial charge >= 0.3 is 0 Å². The summed E-state index contributed by atoms with van der Waals surface area (Å²) in [6, 6.07) is 7.00. The molecule has 0 spiro atoms. The highest BCUT2D eigenvalue weighted by Gasteiger charge is 2.36. The highest BCUT2D eigenvalue weighted by atomic mass is 35.5. The Morgan fingerprint density at radius 2 is 1.79 bits per heavy atom. The Hall–Kier alpha value is -1.06. The summed E-state index contributed by atoms with van der Waals surface area (Å²) in [5.41, 5.74) is 6.51. The molecule has 3 N–H and O–H groups in total. The number of amides is 1. The predicted molar refractivity (Wildman–Crippen MR) is 116 cm³/mol. The molecule has 0 aromatic heterocycles. The summed E-state index contributed by atoms with van der Waals surface area (Å²) < 4.78 is 26.9. The number of halogens is 2. The molecule has 0 unspecified atom stereocenters. The Morgan fingerprint density at radius 1 is 1.14 bits per heavy atom. The Kier molecular flexibility index (Phi) is 9.49. The molecule has 1 amide bonds. The van der Waals surface area contributed by atoms with E-state index in [0.717, 1.165) is 19.3 Å². The van der Waals surface area contributed by atoms with Crippen molar-refractivity contribution in [3.63, 3.8) is 0 Å². The van der Waals surface area contributed by atoms with Crippen LogP contribution in [0.15, 0.2) is 29.2 Å². The van der Waals surface area contributed by atoms with E-state index in [2.05, 4.69) is 4.72 Å². The third-order valence-corrected chi connectivity index (χ3v) is 7.10. The lowest BCUT2D eigenvalue weighted by molar-refractivity contribution is -0.136. The first kappa shape index (κ1) is 25.0. The summed E-state index contributed by atoms with van der Waals surface area (Å²) in [4.78, 5) is 17.1. The zero-order valence-corrected chi connectivity index (χ0v) is 18.5. The second-order valence-electron chi connectivity index (χ2n) is 7.02. The van der Waals surface area contributed by atoms with Gasteiger partial charge in [-0.05, 0) is 44.5 Å². The zero-order valence-electron chi connectivity index (χ0n) is 16.0. The third kappa shape index (κ3) is 5.10. The number of nitrogens with two attached hydrogens (primary N) is 1. The third-order valence-electron chi connectivity index (χ3n) is 5.63. The largest absolute Gasteiger partial charge is 0.367 e. The Bertz CT molecular complexity index is 755. The van der Waals surface area contributed by atoms with E-state index in [-0.39, 0.29) is 41.5 Å². The van der Waals surface area contributed by atoms with Gasteiger partial charge in [0.2, 0.25) is 15.9 Å². The molecule has 1 saturated heterocycles. The van der Waals surface area contributed by atoms with Crippen LogP contribution < -0.4 is 15.4 Å². The SMILES string of the molecule is CNS(=O)(=O)c1ccccc1N1CCN(C(=O)[C@@H]2CCC[C@@H]2CN)CC1.Cl.Cl. The van der Waals surface area contributed by atoms with Crippen molar-refractivity contribution in [2.75, 3.05) is 44.7 Å². The molecule has 1 heterocycles. The number of para-hydroxylation sites is 1. The van der Waals surface area contributed by atoms with Crippen molar-refractivity contribution >= 4 is 46.4 Å². The maximum absolute atomic E-state index is 12.8. The van der Waals surface area contributed by atoms with E-state index in [1.54, 1.807) is 12.1 Å². The lowest BCUT2D eigenvalue weighted by Crippen LogP contribution is -2.51. The van der Waals surface area contributed by atoms with Crippen LogP contribution in [-0.4, -0.2) is 59.0 Å². The van der Waals surface area contributed by atoms with Gasteiger partial charge in [-0.2, -0.15) is 0 Å². The van der Waals surface area contributed by atoms with Gasteiger partial charge in [-0.15, -0.1) is 24.8 Å². The van der Waals surface area contributed by atoms with Gasteiger partial charge < -0.3 is 15.5 Å². The molecule has 1 aromatic carbocycles. The highest BCUT2D eigenvalue weighted by Crippen LogP contribution is 2.33. The van der Waals surface area contributed by atoms with Crippen LogP contribution in [0, 0.1) is 11.8 Å². The van der Waals surface area contributed by atoms with Gasteiger partial charge in [-0.3, -0.25) is 4.79 Å². The van der Waals surface area contributed by atoms with Crippen LogP contribution in [0.5, 0.6) is 0 Å². The fourth-order valence-electron chi connectivity index (χ4n) is 4.10. The van der Waals surface area contributed by atoms with E-state index >= 15 is 0 Å². The van der Waals surface area contributed by atoms with Gasteiger partial charge in [0.1, 0.15) is 4.90 Å². The van der Waals surface area contributed by atoms with Crippen LogP contribution >= 0.6 is 24.8 Å². The smallest absolute Gasteiger partial charge is 0.242 e.